The molecule has 1 aliphatic rings. The summed E-state index contributed by atoms with van der Waals surface area (Å²) in [7, 11) is 0. The second kappa shape index (κ2) is 9.94. The van der Waals surface area contributed by atoms with Crippen molar-refractivity contribution in [3.05, 3.63) is 30.3 Å². The summed E-state index contributed by atoms with van der Waals surface area (Å²) >= 11 is 0. The first-order valence-corrected chi connectivity index (χ1v) is 8.90. The maximum absolute atomic E-state index is 14.6. The Morgan fingerprint density at radius 1 is 1.27 bits per heavy atom. The molecule has 0 radical (unpaired) electrons. The standard InChI is InChI=1S/C18H27FN6O/c1-3-24-16(19)25(4-2)18(22-17(24)21)26-14-13-23(12-8-11-20)15-9-6-5-7-10-15/h5-7,9-10,16,18H,3-4,8,12-14H2,1-2H3,(H2,21,22). The van der Waals surface area contributed by atoms with Crippen LogP contribution in [0.3, 0.4) is 0 Å². The van der Waals surface area contributed by atoms with Gasteiger partial charge in [-0.3, -0.25) is 0 Å². The topological polar surface area (TPSA) is 81.1 Å². The van der Waals surface area contributed by atoms with E-state index in [4.69, 9.17) is 15.7 Å². The van der Waals surface area contributed by atoms with Gasteiger partial charge in [0, 0.05) is 31.9 Å². The van der Waals surface area contributed by atoms with Crippen molar-refractivity contribution in [2.75, 3.05) is 37.7 Å². The van der Waals surface area contributed by atoms with Gasteiger partial charge in [0.2, 0.25) is 12.8 Å². The Bertz CT molecular complexity index is 620. The van der Waals surface area contributed by atoms with Crippen LogP contribution in [0.2, 0.25) is 0 Å². The molecule has 2 rings (SSSR count). The van der Waals surface area contributed by atoms with Crippen LogP contribution in [0.15, 0.2) is 35.3 Å². The summed E-state index contributed by atoms with van der Waals surface area (Å²) in [4.78, 5) is 9.26. The van der Waals surface area contributed by atoms with Crippen molar-refractivity contribution < 1.29 is 9.13 Å². The Morgan fingerprint density at radius 3 is 2.62 bits per heavy atom. The summed E-state index contributed by atoms with van der Waals surface area (Å²) in [6.07, 6.45) is -1.68. The zero-order chi connectivity index (χ0) is 18.9. The van der Waals surface area contributed by atoms with Crippen molar-refractivity contribution in [1.29, 1.82) is 5.26 Å². The first-order chi connectivity index (χ1) is 12.6. The molecule has 7 nitrogen and oxygen atoms in total. The van der Waals surface area contributed by atoms with E-state index < -0.39 is 12.8 Å². The zero-order valence-corrected chi connectivity index (χ0v) is 15.4. The summed E-state index contributed by atoms with van der Waals surface area (Å²) in [5.41, 5.74) is 6.88. The molecule has 0 saturated carbocycles. The molecule has 0 fully saturated rings. The highest BCUT2D eigenvalue weighted by atomic mass is 19.1. The molecule has 8 heteroatoms. The number of hydrogen-bond acceptors (Lipinski definition) is 7. The minimum absolute atomic E-state index is 0.152. The minimum Gasteiger partial charge on any atom is -0.370 e. The van der Waals surface area contributed by atoms with Crippen molar-refractivity contribution in [3.63, 3.8) is 0 Å². The largest absolute Gasteiger partial charge is 0.370 e. The molecular formula is C18H27FN6O. The van der Waals surface area contributed by atoms with Gasteiger partial charge in [-0.25, -0.2) is 14.3 Å². The Balaban J connectivity index is 1.99. The quantitative estimate of drug-likeness (QED) is 0.676. The number of halogens is 1. The first-order valence-electron chi connectivity index (χ1n) is 8.90. The van der Waals surface area contributed by atoms with Crippen molar-refractivity contribution >= 4 is 11.6 Å². The number of hydrogen-bond donors (Lipinski definition) is 1. The van der Waals surface area contributed by atoms with Crippen LogP contribution in [0, 0.1) is 11.3 Å². The second-order valence-electron chi connectivity index (χ2n) is 5.84. The smallest absolute Gasteiger partial charge is 0.235 e. The molecule has 26 heavy (non-hydrogen) atoms. The lowest BCUT2D eigenvalue weighted by molar-refractivity contribution is -0.144. The normalized spacial score (nSPS) is 20.5. The fourth-order valence-electron chi connectivity index (χ4n) is 2.87. The van der Waals surface area contributed by atoms with Gasteiger partial charge in [-0.1, -0.05) is 25.1 Å². The van der Waals surface area contributed by atoms with E-state index >= 15 is 0 Å². The van der Waals surface area contributed by atoms with Gasteiger partial charge in [0.1, 0.15) is 0 Å². The first kappa shape index (κ1) is 19.9. The molecule has 0 bridgehead atoms. The van der Waals surface area contributed by atoms with Crippen LogP contribution < -0.4 is 10.6 Å². The fraction of sp³-hybridized carbons (Fsp3) is 0.556. The molecule has 0 saturated heterocycles. The van der Waals surface area contributed by atoms with E-state index in [0.29, 0.717) is 39.2 Å². The molecule has 0 spiro atoms. The predicted octanol–water partition coefficient (Wildman–Crippen LogP) is 1.93. The van der Waals surface area contributed by atoms with Crippen molar-refractivity contribution in [3.8, 4) is 6.07 Å². The van der Waals surface area contributed by atoms with Crippen LogP contribution in [0.25, 0.3) is 0 Å². The number of aliphatic imine (C=N–C) groups is 1. The average molecular weight is 362 g/mol. The van der Waals surface area contributed by atoms with Gasteiger partial charge in [-0.2, -0.15) is 5.26 Å². The lowest BCUT2D eigenvalue weighted by atomic mass is 10.2. The van der Waals surface area contributed by atoms with Gasteiger partial charge < -0.3 is 20.3 Å². The Kier molecular flexibility index (Phi) is 7.63. The molecule has 0 aliphatic carbocycles. The van der Waals surface area contributed by atoms with E-state index in [2.05, 4.69) is 16.0 Å². The number of nitrogens with zero attached hydrogens (tertiary/aromatic N) is 5. The molecule has 0 aromatic heterocycles. The van der Waals surface area contributed by atoms with E-state index in [1.165, 1.54) is 9.80 Å². The van der Waals surface area contributed by atoms with Crippen LogP contribution in [-0.4, -0.2) is 61.3 Å². The van der Waals surface area contributed by atoms with Gasteiger partial charge in [0.05, 0.1) is 19.1 Å². The number of benzene rings is 1. The number of ether oxygens (including phenoxy) is 1. The Hall–Kier alpha value is -2.37. The highest BCUT2D eigenvalue weighted by molar-refractivity contribution is 5.78. The van der Waals surface area contributed by atoms with Crippen LogP contribution in [0.1, 0.15) is 20.3 Å². The Morgan fingerprint density at radius 2 is 2.00 bits per heavy atom. The highest BCUT2D eigenvalue weighted by Gasteiger charge is 2.35. The highest BCUT2D eigenvalue weighted by Crippen LogP contribution is 2.19. The van der Waals surface area contributed by atoms with E-state index in [1.54, 1.807) is 0 Å². The van der Waals surface area contributed by atoms with Gasteiger partial charge in [0.15, 0.2) is 5.96 Å². The van der Waals surface area contributed by atoms with Gasteiger partial charge in [0.25, 0.3) is 0 Å². The minimum atomic E-state index is -1.35. The number of rotatable bonds is 9. The number of anilines is 1. The molecule has 1 aromatic carbocycles. The number of nitrogens with two attached hydrogens (primary N) is 1. The SMILES string of the molecule is CCN1C(N)=NC(OCCN(CCC#N)c2ccccc2)N(CC)C1F. The summed E-state index contributed by atoms with van der Waals surface area (Å²) in [6.45, 7) is 6.10. The number of alkyl halides is 1. The van der Waals surface area contributed by atoms with Crippen LogP contribution in [0.5, 0.6) is 0 Å². The van der Waals surface area contributed by atoms with Crippen LogP contribution >= 0.6 is 0 Å². The molecule has 0 amide bonds. The van der Waals surface area contributed by atoms with E-state index in [1.807, 2.05) is 44.2 Å². The van der Waals surface area contributed by atoms with Crippen molar-refractivity contribution in [2.45, 2.75) is 33.0 Å². The van der Waals surface area contributed by atoms with Gasteiger partial charge in [-0.05, 0) is 19.1 Å². The van der Waals surface area contributed by atoms with Crippen molar-refractivity contribution in [2.24, 2.45) is 10.7 Å². The van der Waals surface area contributed by atoms with E-state index in [-0.39, 0.29) is 5.96 Å². The lowest BCUT2D eigenvalue weighted by Crippen LogP contribution is -2.59. The monoisotopic (exact) mass is 362 g/mol. The second-order valence-corrected chi connectivity index (χ2v) is 5.84. The number of para-hydroxylation sites is 1. The Labute approximate surface area is 154 Å². The van der Waals surface area contributed by atoms with E-state index in [9.17, 15) is 4.39 Å². The third-order valence-corrected chi connectivity index (χ3v) is 4.30. The summed E-state index contributed by atoms with van der Waals surface area (Å²) in [5.74, 6) is 0.152. The maximum atomic E-state index is 14.6. The maximum Gasteiger partial charge on any atom is 0.235 e. The molecule has 2 atom stereocenters. The predicted molar refractivity (Wildman–Crippen MR) is 99.9 cm³/mol. The lowest BCUT2D eigenvalue weighted by Gasteiger charge is -2.41. The third kappa shape index (κ3) is 4.84. The van der Waals surface area contributed by atoms with Crippen molar-refractivity contribution in [1.82, 2.24) is 9.80 Å². The van der Waals surface area contributed by atoms with Gasteiger partial charge >= 0.3 is 0 Å². The number of nitriles is 1. The van der Waals surface area contributed by atoms with E-state index in [0.717, 1.165) is 5.69 Å². The van der Waals surface area contributed by atoms with Crippen LogP contribution in [-0.2, 0) is 4.74 Å². The summed E-state index contributed by atoms with van der Waals surface area (Å²) in [5, 5.41) is 8.87. The molecule has 142 valence electrons. The molecule has 2 unspecified atom stereocenters. The molecular weight excluding hydrogens is 335 g/mol. The summed E-state index contributed by atoms with van der Waals surface area (Å²) < 4.78 is 20.4. The average Bonchev–Trinajstić information content (AvgIpc) is 2.65. The molecule has 1 aromatic rings. The molecule has 2 N–H and O–H groups in total. The van der Waals surface area contributed by atoms with Crippen LogP contribution in [0.4, 0.5) is 10.1 Å². The van der Waals surface area contributed by atoms with Gasteiger partial charge in [-0.15, -0.1) is 0 Å². The summed E-state index contributed by atoms with van der Waals surface area (Å²) in [6, 6.07) is 12.0. The fourth-order valence-corrected chi connectivity index (χ4v) is 2.87. The zero-order valence-electron chi connectivity index (χ0n) is 15.4. The number of guanidine groups is 1. The molecule has 1 heterocycles. The molecule has 1 aliphatic heterocycles. The third-order valence-electron chi connectivity index (χ3n) is 4.30.